The normalized spacial score (nSPS) is 10.3. The fourth-order valence-electron chi connectivity index (χ4n) is 1.60. The first-order valence-electron chi connectivity index (χ1n) is 6.10. The summed E-state index contributed by atoms with van der Waals surface area (Å²) in [5.74, 6) is 0.706. The first kappa shape index (κ1) is 14.7. The molecule has 0 unspecified atom stereocenters. The predicted molar refractivity (Wildman–Crippen MR) is 79.5 cm³/mol. The minimum Gasteiger partial charge on any atom is -0.493 e. The third-order valence-electron chi connectivity index (χ3n) is 2.55. The lowest BCUT2D eigenvalue weighted by Gasteiger charge is -2.09. The highest BCUT2D eigenvalue weighted by Gasteiger charge is 2.05. The second kappa shape index (κ2) is 7.21. The zero-order valence-corrected chi connectivity index (χ0v) is 12.5. The molecule has 1 amide bonds. The van der Waals surface area contributed by atoms with Gasteiger partial charge in [-0.1, -0.05) is 22.9 Å². The van der Waals surface area contributed by atoms with E-state index >= 15 is 0 Å². The fraction of sp³-hybridized carbons (Fsp3) is 0.308. The van der Waals surface area contributed by atoms with E-state index < -0.39 is 0 Å². The van der Waals surface area contributed by atoms with Gasteiger partial charge >= 0.3 is 0 Å². The number of benzene rings is 1. The number of hydrogen-bond donors (Lipinski definition) is 1. The van der Waals surface area contributed by atoms with Crippen LogP contribution >= 0.6 is 22.9 Å². The van der Waals surface area contributed by atoms with Crippen LogP contribution in [-0.4, -0.2) is 22.7 Å². The summed E-state index contributed by atoms with van der Waals surface area (Å²) >= 11 is 7.16. The molecule has 1 N–H and O–H groups in total. The minimum absolute atomic E-state index is 0.0850. The molecular weight excluding hydrogens is 298 g/mol. The Kier molecular flexibility index (Phi) is 5.31. The molecular formula is C13H14ClN3O2S. The van der Waals surface area contributed by atoms with E-state index in [9.17, 15) is 4.79 Å². The van der Waals surface area contributed by atoms with E-state index in [1.807, 2.05) is 19.1 Å². The minimum atomic E-state index is -0.0850. The lowest BCUT2D eigenvalue weighted by Crippen LogP contribution is -2.12. The molecule has 0 aliphatic heterocycles. The summed E-state index contributed by atoms with van der Waals surface area (Å²) in [7, 11) is 0. The number of hydrogen-bond acceptors (Lipinski definition) is 5. The molecule has 106 valence electrons. The molecule has 1 aromatic heterocycles. The van der Waals surface area contributed by atoms with Crippen molar-refractivity contribution in [3.05, 3.63) is 34.3 Å². The Morgan fingerprint density at radius 3 is 3.05 bits per heavy atom. The van der Waals surface area contributed by atoms with Crippen LogP contribution in [0.2, 0.25) is 5.02 Å². The zero-order chi connectivity index (χ0) is 14.4. The van der Waals surface area contributed by atoms with Crippen molar-refractivity contribution >= 4 is 34.0 Å². The number of ether oxygens (including phenoxy) is 1. The SMILES string of the molecule is Cc1cc(Cl)ccc1OCCCC(=O)Nc1nncs1. The summed E-state index contributed by atoms with van der Waals surface area (Å²) in [6, 6.07) is 5.46. The van der Waals surface area contributed by atoms with Crippen LogP contribution in [0.4, 0.5) is 5.13 Å². The second-order valence-electron chi connectivity index (χ2n) is 4.15. The first-order chi connectivity index (χ1) is 9.65. The third kappa shape index (κ3) is 4.47. The molecule has 1 heterocycles. The summed E-state index contributed by atoms with van der Waals surface area (Å²) in [5.41, 5.74) is 2.55. The van der Waals surface area contributed by atoms with E-state index in [1.54, 1.807) is 11.6 Å². The Bertz CT molecular complexity index is 575. The van der Waals surface area contributed by atoms with Crippen molar-refractivity contribution < 1.29 is 9.53 Å². The van der Waals surface area contributed by atoms with Gasteiger partial charge in [0.15, 0.2) is 0 Å². The molecule has 0 atom stereocenters. The number of aryl methyl sites for hydroxylation is 1. The van der Waals surface area contributed by atoms with Gasteiger partial charge in [-0.25, -0.2) is 0 Å². The largest absolute Gasteiger partial charge is 0.493 e. The van der Waals surface area contributed by atoms with Crippen LogP contribution in [0.1, 0.15) is 18.4 Å². The summed E-state index contributed by atoms with van der Waals surface area (Å²) in [4.78, 5) is 11.6. The molecule has 0 aliphatic carbocycles. The number of carbonyl (C=O) groups excluding carboxylic acids is 1. The fourth-order valence-corrected chi connectivity index (χ4v) is 2.29. The Labute approximate surface area is 125 Å². The van der Waals surface area contributed by atoms with Crippen molar-refractivity contribution in [2.24, 2.45) is 0 Å². The van der Waals surface area contributed by atoms with Gasteiger partial charge in [0, 0.05) is 11.4 Å². The van der Waals surface area contributed by atoms with Gasteiger partial charge in [0.25, 0.3) is 0 Å². The lowest BCUT2D eigenvalue weighted by molar-refractivity contribution is -0.116. The van der Waals surface area contributed by atoms with Gasteiger partial charge in [0.1, 0.15) is 11.3 Å². The molecule has 5 nitrogen and oxygen atoms in total. The number of nitrogens with one attached hydrogen (secondary N) is 1. The average molecular weight is 312 g/mol. The summed E-state index contributed by atoms with van der Waals surface area (Å²) in [6.45, 7) is 2.41. The van der Waals surface area contributed by atoms with Gasteiger partial charge in [-0.2, -0.15) is 0 Å². The molecule has 2 rings (SSSR count). The highest BCUT2D eigenvalue weighted by molar-refractivity contribution is 7.13. The highest BCUT2D eigenvalue weighted by atomic mass is 35.5. The van der Waals surface area contributed by atoms with Crippen LogP contribution in [0.5, 0.6) is 5.75 Å². The number of nitrogens with zero attached hydrogens (tertiary/aromatic N) is 2. The van der Waals surface area contributed by atoms with Gasteiger partial charge in [0.2, 0.25) is 11.0 Å². The van der Waals surface area contributed by atoms with Crippen molar-refractivity contribution in [2.75, 3.05) is 11.9 Å². The highest BCUT2D eigenvalue weighted by Crippen LogP contribution is 2.21. The van der Waals surface area contributed by atoms with Crippen molar-refractivity contribution in [1.29, 1.82) is 0 Å². The lowest BCUT2D eigenvalue weighted by atomic mass is 10.2. The maximum absolute atomic E-state index is 11.6. The number of rotatable bonds is 6. The van der Waals surface area contributed by atoms with E-state index in [2.05, 4.69) is 15.5 Å². The number of aromatic nitrogens is 2. The molecule has 0 bridgehead atoms. The standard InChI is InChI=1S/C13H14ClN3O2S/c1-9-7-10(14)4-5-11(9)19-6-2-3-12(18)16-13-17-15-8-20-13/h4-5,7-8H,2-3,6H2,1H3,(H,16,17,18). The molecule has 0 radical (unpaired) electrons. The Balaban J connectivity index is 1.69. The number of halogens is 1. The topological polar surface area (TPSA) is 64.1 Å². The molecule has 2 aromatic rings. The van der Waals surface area contributed by atoms with Crippen molar-refractivity contribution in [3.63, 3.8) is 0 Å². The van der Waals surface area contributed by atoms with E-state index in [-0.39, 0.29) is 5.91 Å². The quantitative estimate of drug-likeness (QED) is 0.831. The molecule has 0 fully saturated rings. The molecule has 0 spiro atoms. The van der Waals surface area contributed by atoms with E-state index in [0.717, 1.165) is 11.3 Å². The average Bonchev–Trinajstić information content (AvgIpc) is 2.89. The molecule has 7 heteroatoms. The van der Waals surface area contributed by atoms with Crippen LogP contribution in [0, 0.1) is 6.92 Å². The number of amides is 1. The first-order valence-corrected chi connectivity index (χ1v) is 7.36. The zero-order valence-electron chi connectivity index (χ0n) is 10.9. The monoisotopic (exact) mass is 311 g/mol. The Morgan fingerprint density at radius 2 is 2.35 bits per heavy atom. The van der Waals surface area contributed by atoms with Crippen molar-refractivity contribution in [3.8, 4) is 5.75 Å². The van der Waals surface area contributed by atoms with Crippen LogP contribution in [-0.2, 0) is 4.79 Å². The molecule has 1 aromatic carbocycles. The molecule has 0 saturated heterocycles. The van der Waals surface area contributed by atoms with Crippen LogP contribution in [0.3, 0.4) is 0 Å². The molecule has 0 saturated carbocycles. The van der Waals surface area contributed by atoms with Crippen molar-refractivity contribution in [1.82, 2.24) is 10.2 Å². The summed E-state index contributed by atoms with van der Waals surface area (Å²) in [5, 5.41) is 11.3. The maximum Gasteiger partial charge on any atom is 0.226 e. The van der Waals surface area contributed by atoms with Gasteiger partial charge in [0.05, 0.1) is 6.61 Å². The van der Waals surface area contributed by atoms with Crippen LogP contribution in [0.25, 0.3) is 0 Å². The van der Waals surface area contributed by atoms with E-state index in [4.69, 9.17) is 16.3 Å². The summed E-state index contributed by atoms with van der Waals surface area (Å²) in [6.07, 6.45) is 1.01. The van der Waals surface area contributed by atoms with Crippen LogP contribution < -0.4 is 10.1 Å². The maximum atomic E-state index is 11.6. The van der Waals surface area contributed by atoms with E-state index in [0.29, 0.717) is 29.6 Å². The van der Waals surface area contributed by atoms with Gasteiger partial charge in [-0.15, -0.1) is 10.2 Å². The van der Waals surface area contributed by atoms with Gasteiger partial charge in [-0.05, 0) is 37.1 Å². The number of carbonyl (C=O) groups is 1. The van der Waals surface area contributed by atoms with E-state index in [1.165, 1.54) is 11.3 Å². The van der Waals surface area contributed by atoms with Crippen molar-refractivity contribution in [2.45, 2.75) is 19.8 Å². The summed E-state index contributed by atoms with van der Waals surface area (Å²) < 4.78 is 5.61. The molecule has 0 aliphatic rings. The van der Waals surface area contributed by atoms with Gasteiger partial charge < -0.3 is 10.1 Å². The predicted octanol–water partition coefficient (Wildman–Crippen LogP) is 3.30. The Morgan fingerprint density at radius 1 is 1.50 bits per heavy atom. The molecule has 20 heavy (non-hydrogen) atoms. The second-order valence-corrected chi connectivity index (χ2v) is 5.42. The number of anilines is 1. The Hall–Kier alpha value is -1.66. The smallest absolute Gasteiger partial charge is 0.226 e. The van der Waals surface area contributed by atoms with Gasteiger partial charge in [-0.3, -0.25) is 4.79 Å². The van der Waals surface area contributed by atoms with Crippen LogP contribution in [0.15, 0.2) is 23.7 Å². The third-order valence-corrected chi connectivity index (χ3v) is 3.39.